The number of halogens is 4. The van der Waals surface area contributed by atoms with Crippen LogP contribution in [-0.2, 0) is 9.84 Å². The Kier molecular flexibility index (Phi) is 5.06. The fourth-order valence-electron chi connectivity index (χ4n) is 1.65. The van der Waals surface area contributed by atoms with Gasteiger partial charge in [0.1, 0.15) is 0 Å². The van der Waals surface area contributed by atoms with Crippen molar-refractivity contribution in [3.8, 4) is 0 Å². The van der Waals surface area contributed by atoms with E-state index in [4.69, 9.17) is 0 Å². The van der Waals surface area contributed by atoms with Crippen molar-refractivity contribution in [1.29, 1.82) is 0 Å². The molecule has 2 nitrogen and oxygen atoms in total. The maximum Gasteiger partial charge on any atom is 0.501 e. The molecule has 0 fully saturated rings. The Hall–Kier alpha value is -0.560. The smallest absolute Gasteiger partial charge is 0.214 e. The zero-order valence-corrected chi connectivity index (χ0v) is 12.8. The quantitative estimate of drug-likeness (QED) is 0.753. The standard InChI is InChI=1S/C12H14BrF3O2S/c1-3-11(13)8(2)9-4-6-10(7-5-9)19(17,18)12(14,15)16/h4-8,11H,3H2,1-2H3. The summed E-state index contributed by atoms with van der Waals surface area (Å²) in [5.41, 5.74) is -4.47. The zero-order valence-electron chi connectivity index (χ0n) is 10.4. The minimum absolute atomic E-state index is 0.0904. The molecule has 0 saturated heterocycles. The number of sulfone groups is 1. The van der Waals surface area contributed by atoms with E-state index in [0.29, 0.717) is 0 Å². The van der Waals surface area contributed by atoms with E-state index in [9.17, 15) is 21.6 Å². The minimum Gasteiger partial charge on any atom is -0.214 e. The average molecular weight is 359 g/mol. The van der Waals surface area contributed by atoms with Crippen molar-refractivity contribution in [3.63, 3.8) is 0 Å². The van der Waals surface area contributed by atoms with Gasteiger partial charge in [0.2, 0.25) is 0 Å². The summed E-state index contributed by atoms with van der Waals surface area (Å²) in [7, 11) is -5.26. The summed E-state index contributed by atoms with van der Waals surface area (Å²) >= 11 is 3.47. The van der Waals surface area contributed by atoms with Crippen molar-refractivity contribution in [1.82, 2.24) is 0 Å². The third-order valence-corrected chi connectivity index (χ3v) is 5.90. The Morgan fingerprint density at radius 2 is 1.68 bits per heavy atom. The highest BCUT2D eigenvalue weighted by Gasteiger charge is 2.46. The van der Waals surface area contributed by atoms with Gasteiger partial charge in [0.05, 0.1) is 4.90 Å². The highest BCUT2D eigenvalue weighted by Crippen LogP contribution is 2.32. The van der Waals surface area contributed by atoms with E-state index >= 15 is 0 Å². The lowest BCUT2D eigenvalue weighted by Crippen LogP contribution is -2.23. The van der Waals surface area contributed by atoms with E-state index in [1.165, 1.54) is 12.1 Å². The first-order valence-corrected chi connectivity index (χ1v) is 8.06. The van der Waals surface area contributed by atoms with Gasteiger partial charge >= 0.3 is 5.51 Å². The van der Waals surface area contributed by atoms with Crippen LogP contribution in [0.5, 0.6) is 0 Å². The van der Waals surface area contributed by atoms with E-state index in [1.807, 2.05) is 13.8 Å². The molecule has 0 aliphatic rings. The largest absolute Gasteiger partial charge is 0.501 e. The van der Waals surface area contributed by atoms with E-state index in [-0.39, 0.29) is 10.7 Å². The minimum atomic E-state index is -5.26. The molecule has 0 amide bonds. The van der Waals surface area contributed by atoms with E-state index < -0.39 is 20.2 Å². The Labute approximate surface area is 119 Å². The summed E-state index contributed by atoms with van der Waals surface area (Å²) in [6.07, 6.45) is 0.865. The Balaban J connectivity index is 3.08. The van der Waals surface area contributed by atoms with Gasteiger partial charge < -0.3 is 0 Å². The van der Waals surface area contributed by atoms with Crippen LogP contribution in [0.4, 0.5) is 13.2 Å². The molecule has 0 bridgehead atoms. The van der Waals surface area contributed by atoms with Crippen molar-refractivity contribution in [2.45, 2.75) is 41.4 Å². The van der Waals surface area contributed by atoms with Crippen molar-refractivity contribution >= 4 is 25.8 Å². The second kappa shape index (κ2) is 5.83. The molecule has 0 aromatic heterocycles. The first kappa shape index (κ1) is 16.5. The Morgan fingerprint density at radius 3 is 2.05 bits per heavy atom. The second-order valence-corrected chi connectivity index (χ2v) is 7.35. The summed E-state index contributed by atoms with van der Waals surface area (Å²) in [6, 6.07) is 4.86. The number of hydrogen-bond donors (Lipinski definition) is 0. The molecule has 1 rings (SSSR count). The molecule has 0 N–H and O–H groups in total. The van der Waals surface area contributed by atoms with Crippen molar-refractivity contribution in [2.24, 2.45) is 0 Å². The van der Waals surface area contributed by atoms with Gasteiger partial charge in [0.25, 0.3) is 9.84 Å². The van der Waals surface area contributed by atoms with Gasteiger partial charge in [-0.2, -0.15) is 13.2 Å². The fraction of sp³-hybridized carbons (Fsp3) is 0.500. The number of hydrogen-bond acceptors (Lipinski definition) is 2. The molecule has 0 heterocycles. The molecule has 2 unspecified atom stereocenters. The molecular formula is C12H14BrF3O2S. The lowest BCUT2D eigenvalue weighted by Gasteiger charge is -2.17. The fourth-order valence-corrected chi connectivity index (χ4v) is 2.71. The molecule has 0 spiro atoms. The third kappa shape index (κ3) is 3.51. The maximum absolute atomic E-state index is 12.4. The molecule has 2 atom stereocenters. The van der Waals surface area contributed by atoms with Crippen molar-refractivity contribution in [2.75, 3.05) is 0 Å². The SMILES string of the molecule is CCC(Br)C(C)c1ccc(S(=O)(=O)C(F)(F)F)cc1. The summed E-state index contributed by atoms with van der Waals surface area (Å²) in [5, 5.41) is 0. The van der Waals surface area contributed by atoms with Crippen molar-refractivity contribution < 1.29 is 21.6 Å². The summed E-state index contributed by atoms with van der Waals surface area (Å²) in [4.78, 5) is -0.531. The summed E-state index contributed by atoms with van der Waals surface area (Å²) in [6.45, 7) is 3.91. The monoisotopic (exact) mass is 358 g/mol. The van der Waals surface area contributed by atoms with Crippen LogP contribution in [-0.4, -0.2) is 18.8 Å². The number of alkyl halides is 4. The molecular weight excluding hydrogens is 345 g/mol. The summed E-state index contributed by atoms with van der Waals surface area (Å²) < 4.78 is 59.5. The highest BCUT2D eigenvalue weighted by atomic mass is 79.9. The molecule has 0 aliphatic carbocycles. The number of benzene rings is 1. The summed E-state index contributed by atoms with van der Waals surface area (Å²) in [5.74, 6) is 0.0904. The molecule has 19 heavy (non-hydrogen) atoms. The molecule has 7 heteroatoms. The van der Waals surface area contributed by atoms with E-state index in [2.05, 4.69) is 15.9 Å². The topological polar surface area (TPSA) is 34.1 Å². The van der Waals surface area contributed by atoms with Crippen LogP contribution in [0.3, 0.4) is 0 Å². The van der Waals surface area contributed by atoms with Crippen LogP contribution in [0.2, 0.25) is 0 Å². The van der Waals surface area contributed by atoms with E-state index in [0.717, 1.165) is 24.1 Å². The molecule has 1 aromatic rings. The van der Waals surface area contributed by atoms with Crippen LogP contribution in [0.1, 0.15) is 31.7 Å². The van der Waals surface area contributed by atoms with Gasteiger partial charge in [-0.05, 0) is 30.0 Å². The molecule has 0 saturated carbocycles. The van der Waals surface area contributed by atoms with E-state index in [1.54, 1.807) is 0 Å². The van der Waals surface area contributed by atoms with Gasteiger partial charge in [0, 0.05) is 4.83 Å². The molecule has 0 radical (unpaired) electrons. The van der Waals surface area contributed by atoms with Gasteiger partial charge in [-0.3, -0.25) is 0 Å². The first-order chi connectivity index (χ1) is 8.61. The predicted octanol–water partition coefficient (Wildman–Crippen LogP) is 4.26. The normalized spacial score (nSPS) is 16.1. The molecule has 1 aromatic carbocycles. The predicted molar refractivity (Wildman–Crippen MR) is 71.1 cm³/mol. The van der Waals surface area contributed by atoms with Crippen LogP contribution in [0.25, 0.3) is 0 Å². The highest BCUT2D eigenvalue weighted by molar-refractivity contribution is 9.09. The Bertz CT molecular complexity index is 523. The Morgan fingerprint density at radius 1 is 1.21 bits per heavy atom. The molecule has 108 valence electrons. The van der Waals surface area contributed by atoms with Gasteiger partial charge in [-0.15, -0.1) is 0 Å². The first-order valence-electron chi connectivity index (χ1n) is 5.66. The second-order valence-electron chi connectivity index (χ2n) is 4.23. The molecule has 0 aliphatic heterocycles. The lowest BCUT2D eigenvalue weighted by atomic mass is 9.97. The van der Waals surface area contributed by atoms with Gasteiger partial charge in [-0.1, -0.05) is 41.9 Å². The van der Waals surface area contributed by atoms with Crippen LogP contribution in [0.15, 0.2) is 29.2 Å². The van der Waals surface area contributed by atoms with Crippen LogP contribution >= 0.6 is 15.9 Å². The van der Waals surface area contributed by atoms with Gasteiger partial charge in [0.15, 0.2) is 0 Å². The van der Waals surface area contributed by atoms with Crippen LogP contribution in [0, 0.1) is 0 Å². The average Bonchev–Trinajstić information content (AvgIpc) is 2.35. The zero-order chi connectivity index (χ0) is 14.8. The van der Waals surface area contributed by atoms with Gasteiger partial charge in [-0.25, -0.2) is 8.42 Å². The number of rotatable bonds is 4. The van der Waals surface area contributed by atoms with Crippen molar-refractivity contribution in [3.05, 3.63) is 29.8 Å². The maximum atomic E-state index is 12.4. The lowest BCUT2D eigenvalue weighted by molar-refractivity contribution is -0.0436. The van der Waals surface area contributed by atoms with Crippen LogP contribution < -0.4 is 0 Å². The third-order valence-electron chi connectivity index (χ3n) is 2.95.